The van der Waals surface area contributed by atoms with Gasteiger partial charge in [-0.1, -0.05) is 18.7 Å². The maximum Gasteiger partial charge on any atom is 0.410 e. The Morgan fingerprint density at radius 3 is 2.08 bits per heavy atom. The molecule has 12 atom stereocenters. The number of aliphatic hydroxyl groups is 5. The number of hydrogen-bond donors (Lipinski definition) is 10. The van der Waals surface area contributed by atoms with Crippen molar-refractivity contribution in [2.24, 2.45) is 5.92 Å². The summed E-state index contributed by atoms with van der Waals surface area (Å²) in [6.45, 7) is 18.6. The van der Waals surface area contributed by atoms with Gasteiger partial charge in [0.15, 0.2) is 12.2 Å². The molecule has 2 aliphatic heterocycles. The standard InChI is InChI=1S/C53H78N8O18/c1-30(40(63)27-55-49(67)78-51(3,4)5)56-39-25-38(57-31(2)74-28-33-13-18-35(19-14-33)61(72)73)42(43(65)46(39)77-48-44(66)47(53(9,69)29-75-48)59(10)50(68)79-52(6,7)8)45-37(21-20-36(76-45)26-54-23-24-62)58-41(64)22-15-32-11-16-34(17-12-32)60(70)71/h11-14,16-20,37-40,42-48,54,56-57,62-63,65-66,69H,1-2,15,21-29H2,3-10H3,(H,55,67)(H,58,64)/t37-,38+,39-,40-,42?,43+,44-,45+,46+,47-,48-,53+/m1/s1. The summed E-state index contributed by atoms with van der Waals surface area (Å²) in [5.74, 6) is -1.20. The molecule has 2 aromatic carbocycles. The van der Waals surface area contributed by atoms with Gasteiger partial charge in [0.05, 0.1) is 60.4 Å². The summed E-state index contributed by atoms with van der Waals surface area (Å²) in [5, 5.41) is 95.5. The number of nitro groups is 2. The van der Waals surface area contributed by atoms with Crippen LogP contribution in [0.5, 0.6) is 0 Å². The lowest BCUT2D eigenvalue weighted by atomic mass is 9.72. The van der Waals surface area contributed by atoms with E-state index < -0.39 is 118 Å². The number of carbonyl (C=O) groups is 3. The van der Waals surface area contributed by atoms with E-state index in [1.807, 2.05) is 0 Å². The Morgan fingerprint density at radius 1 is 0.886 bits per heavy atom. The van der Waals surface area contributed by atoms with Crippen LogP contribution < -0.4 is 26.6 Å². The zero-order chi connectivity index (χ0) is 58.6. The van der Waals surface area contributed by atoms with Crippen molar-refractivity contribution >= 4 is 29.5 Å². The van der Waals surface area contributed by atoms with Crippen LogP contribution >= 0.6 is 0 Å². The maximum absolute atomic E-state index is 13.9. The van der Waals surface area contributed by atoms with Gasteiger partial charge in [-0.25, -0.2) is 9.59 Å². The van der Waals surface area contributed by atoms with Crippen LogP contribution in [0, 0.1) is 26.1 Å². The fraction of sp³-hybridized carbons (Fsp3) is 0.604. The first kappa shape index (κ1) is 63.2. The molecule has 1 unspecified atom stereocenters. The average molecular weight is 1120 g/mol. The van der Waals surface area contributed by atoms with Crippen molar-refractivity contribution in [2.45, 2.75) is 159 Å². The summed E-state index contributed by atoms with van der Waals surface area (Å²) in [6, 6.07) is 7.10. The van der Waals surface area contributed by atoms with E-state index in [4.69, 9.17) is 28.4 Å². The van der Waals surface area contributed by atoms with Crippen molar-refractivity contribution < 1.29 is 78.2 Å². The van der Waals surface area contributed by atoms with Gasteiger partial charge in [0.2, 0.25) is 5.91 Å². The fourth-order valence-electron chi connectivity index (χ4n) is 9.47. The van der Waals surface area contributed by atoms with Gasteiger partial charge in [0.25, 0.3) is 11.4 Å². The highest BCUT2D eigenvalue weighted by Crippen LogP contribution is 2.39. The third-order valence-electron chi connectivity index (χ3n) is 13.2. The fourth-order valence-corrected chi connectivity index (χ4v) is 9.47. The monoisotopic (exact) mass is 1110 g/mol. The number of nitrogens with one attached hydrogen (secondary N) is 5. The van der Waals surface area contributed by atoms with Gasteiger partial charge in [-0.05, 0) is 104 Å². The Hall–Kier alpha value is -6.65. The maximum atomic E-state index is 13.9. The number of hydrogen-bond acceptors (Lipinski definition) is 21. The van der Waals surface area contributed by atoms with E-state index in [1.54, 1.807) is 59.8 Å². The van der Waals surface area contributed by atoms with E-state index in [0.717, 1.165) is 4.90 Å². The summed E-state index contributed by atoms with van der Waals surface area (Å²) in [6.07, 6.45) is -8.96. The number of nitrogens with zero attached hydrogens (tertiary/aromatic N) is 3. The van der Waals surface area contributed by atoms with Crippen LogP contribution in [0.3, 0.4) is 0 Å². The van der Waals surface area contributed by atoms with Crippen molar-refractivity contribution in [2.75, 3.05) is 39.9 Å². The summed E-state index contributed by atoms with van der Waals surface area (Å²) in [5.41, 5.74) is -2.78. The van der Waals surface area contributed by atoms with Crippen molar-refractivity contribution in [3.05, 3.63) is 116 Å². The van der Waals surface area contributed by atoms with Gasteiger partial charge in [-0.2, -0.15) is 0 Å². The molecule has 2 heterocycles. The lowest BCUT2D eigenvalue weighted by Crippen LogP contribution is -2.70. The summed E-state index contributed by atoms with van der Waals surface area (Å²) in [7, 11) is 1.33. The van der Waals surface area contributed by atoms with Crippen molar-refractivity contribution in [3.63, 3.8) is 0 Å². The largest absolute Gasteiger partial charge is 0.491 e. The summed E-state index contributed by atoms with van der Waals surface area (Å²) < 4.78 is 36.3. The molecule has 0 aromatic heterocycles. The molecule has 0 radical (unpaired) electrons. The third-order valence-corrected chi connectivity index (χ3v) is 13.2. The van der Waals surface area contributed by atoms with E-state index in [1.165, 1.54) is 50.4 Å². The molecule has 1 saturated heterocycles. The van der Waals surface area contributed by atoms with Crippen LogP contribution in [0.25, 0.3) is 0 Å². The molecule has 1 aliphatic carbocycles. The number of aryl methyl sites for hydroxylation is 1. The molecule has 26 nitrogen and oxygen atoms in total. The number of alkyl carbamates (subject to hydrolysis) is 1. The predicted octanol–water partition coefficient (Wildman–Crippen LogP) is 2.65. The van der Waals surface area contributed by atoms with Crippen LogP contribution in [0.2, 0.25) is 0 Å². The number of aliphatic hydroxyl groups excluding tert-OH is 4. The molecule has 10 N–H and O–H groups in total. The van der Waals surface area contributed by atoms with Crippen LogP contribution in [0.4, 0.5) is 21.0 Å². The minimum Gasteiger partial charge on any atom is -0.491 e. The number of non-ortho nitro benzene ring substituents is 2. The lowest BCUT2D eigenvalue weighted by molar-refractivity contribution is -0.385. The van der Waals surface area contributed by atoms with Gasteiger partial charge in [-0.3, -0.25) is 25.0 Å². The van der Waals surface area contributed by atoms with E-state index in [9.17, 15) is 60.1 Å². The highest BCUT2D eigenvalue weighted by molar-refractivity contribution is 5.76. The average Bonchev–Trinajstić information content (AvgIpc) is 3.44. The Balaban J connectivity index is 1.56. The highest BCUT2D eigenvalue weighted by Gasteiger charge is 2.56. The molecular weight excluding hydrogens is 1040 g/mol. The topological polar surface area (TPSA) is 357 Å². The Kier molecular flexibility index (Phi) is 22.0. The molecule has 3 aliphatic rings. The first-order valence-electron chi connectivity index (χ1n) is 25.9. The number of likely N-dealkylation sites (N-methyl/N-ethyl adjacent to an activating group) is 1. The molecule has 0 spiro atoms. The molecule has 438 valence electrons. The molecule has 2 aromatic rings. The lowest BCUT2D eigenvalue weighted by Gasteiger charge is -2.52. The molecule has 26 heteroatoms. The Labute approximate surface area is 458 Å². The Morgan fingerprint density at radius 2 is 1.49 bits per heavy atom. The summed E-state index contributed by atoms with van der Waals surface area (Å²) >= 11 is 0. The third kappa shape index (κ3) is 18.5. The number of nitro benzene ring substituents is 2. The zero-order valence-electron chi connectivity index (χ0n) is 45.9. The van der Waals surface area contributed by atoms with E-state index in [-0.39, 0.29) is 81.5 Å². The molecule has 5 rings (SSSR count). The highest BCUT2D eigenvalue weighted by atomic mass is 16.7. The number of amides is 3. The second kappa shape index (κ2) is 27.5. The minimum absolute atomic E-state index is 0.0275. The van der Waals surface area contributed by atoms with Crippen molar-refractivity contribution in [3.8, 4) is 0 Å². The Bertz CT molecular complexity index is 2460. The second-order valence-corrected chi connectivity index (χ2v) is 22.0. The molecule has 2 fully saturated rings. The van der Waals surface area contributed by atoms with Crippen LogP contribution in [0.1, 0.15) is 78.9 Å². The molecule has 0 bridgehead atoms. The van der Waals surface area contributed by atoms with Crippen LogP contribution in [0.15, 0.2) is 85.1 Å². The first-order chi connectivity index (χ1) is 37.0. The quantitative estimate of drug-likeness (QED) is 0.0313. The number of rotatable bonds is 24. The van der Waals surface area contributed by atoms with Crippen molar-refractivity contribution in [1.29, 1.82) is 0 Å². The first-order valence-corrected chi connectivity index (χ1v) is 25.9. The second-order valence-electron chi connectivity index (χ2n) is 22.0. The number of benzene rings is 2. The van der Waals surface area contributed by atoms with Crippen LogP contribution in [-0.4, -0.2) is 176 Å². The SMILES string of the molecule is C=C(N[C@H]1C[C@@H](NC(=C)[C@H](O)CNC(=O)OC(C)(C)C)[C@H](O[C@H]2OC[C@](C)(O)[C@H](N(C)C(=O)OC(C)(C)C)[C@H]2O)[C@@H](O)C1[C@H]1OC(CNCCO)=CC[C@H]1NC(=O)CCc1ccc([N+](=O)[O-])cc1)OCc1ccc([N+](=O)[O-])cc1. The number of ether oxygens (including phenoxy) is 6. The van der Waals surface area contributed by atoms with Gasteiger partial charge < -0.3 is 85.4 Å². The van der Waals surface area contributed by atoms with Gasteiger partial charge in [0.1, 0.15) is 53.6 Å². The van der Waals surface area contributed by atoms with Gasteiger partial charge in [-0.15, -0.1) is 0 Å². The number of carbonyl (C=O) groups excluding carboxylic acids is 3. The summed E-state index contributed by atoms with van der Waals surface area (Å²) in [4.78, 5) is 62.6. The van der Waals surface area contributed by atoms with Gasteiger partial charge >= 0.3 is 12.2 Å². The van der Waals surface area contributed by atoms with E-state index >= 15 is 0 Å². The van der Waals surface area contributed by atoms with E-state index in [0.29, 0.717) is 16.9 Å². The molecule has 3 amide bonds. The normalized spacial score (nSPS) is 26.4. The molecule has 79 heavy (non-hydrogen) atoms. The molecular formula is C53H78N8O18. The van der Waals surface area contributed by atoms with Crippen molar-refractivity contribution in [1.82, 2.24) is 31.5 Å². The zero-order valence-corrected chi connectivity index (χ0v) is 45.9. The molecule has 1 saturated carbocycles. The van der Waals surface area contributed by atoms with Gasteiger partial charge in [0, 0.05) is 61.9 Å². The smallest absolute Gasteiger partial charge is 0.410 e. The minimum atomic E-state index is -1.87. The predicted molar refractivity (Wildman–Crippen MR) is 284 cm³/mol. The van der Waals surface area contributed by atoms with Crippen LogP contribution in [-0.2, 0) is 46.2 Å². The van der Waals surface area contributed by atoms with E-state index in [2.05, 4.69) is 39.7 Å².